The van der Waals surface area contributed by atoms with Crippen molar-refractivity contribution in [3.63, 3.8) is 0 Å². The van der Waals surface area contributed by atoms with Crippen molar-refractivity contribution in [3.05, 3.63) is 0 Å². The Morgan fingerprint density at radius 3 is 2.23 bits per heavy atom. The van der Waals surface area contributed by atoms with Crippen LogP contribution in [0.3, 0.4) is 0 Å². The average Bonchev–Trinajstić information content (AvgIpc) is 3.34. The lowest BCUT2D eigenvalue weighted by Crippen LogP contribution is -2.49. The van der Waals surface area contributed by atoms with Crippen molar-refractivity contribution in [2.75, 3.05) is 7.11 Å². The van der Waals surface area contributed by atoms with Gasteiger partial charge in [0.1, 0.15) is 12.2 Å². The quantitative estimate of drug-likeness (QED) is 0.163. The smallest absolute Gasteiger partial charge is 0.405 e. The highest BCUT2D eigenvalue weighted by molar-refractivity contribution is 7.86. The number of fused-ring (bicyclic) bond motifs is 1. The van der Waals surface area contributed by atoms with E-state index in [9.17, 15) is 36.7 Å². The van der Waals surface area contributed by atoms with Crippen LogP contribution in [0, 0.1) is 11.8 Å². The van der Waals surface area contributed by atoms with Crippen LogP contribution in [0.25, 0.3) is 0 Å². The maximum Gasteiger partial charge on any atom is 0.405 e. The first kappa shape index (κ1) is 27.6. The second-order valence-corrected chi connectivity index (χ2v) is 10.3. The third kappa shape index (κ3) is 5.27. The highest BCUT2D eigenvalue weighted by Gasteiger charge is 2.71. The van der Waals surface area contributed by atoms with Crippen LogP contribution < -0.4 is 0 Å². The number of rotatable bonds is 10. The fourth-order valence-corrected chi connectivity index (χ4v) is 4.67. The standard InChI is InChI=1S/C19H26F2O13S/c1-7(19(20,21)35(26,27)28)30-8(22)5-6-9(23)31-14-13-11(17(25)34-18(2,3)29-4)10-12(32-13)15(14)33-16(10)24/h7,10-16,24H,5-6H2,1-4H3,(H,26,27,28). The molecule has 0 saturated carbocycles. The largest absolute Gasteiger partial charge is 0.457 e. The van der Waals surface area contributed by atoms with E-state index in [1.54, 1.807) is 0 Å². The number of hydrogen-bond donors (Lipinski definition) is 2. The van der Waals surface area contributed by atoms with E-state index in [2.05, 4.69) is 4.74 Å². The van der Waals surface area contributed by atoms with Crippen molar-refractivity contribution >= 4 is 28.0 Å². The van der Waals surface area contributed by atoms with Crippen molar-refractivity contribution in [2.45, 2.75) is 81.5 Å². The summed E-state index contributed by atoms with van der Waals surface area (Å²) in [7, 11) is -4.50. The minimum Gasteiger partial charge on any atom is -0.457 e. The Hall–Kier alpha value is -1.98. The summed E-state index contributed by atoms with van der Waals surface area (Å²) in [6.45, 7) is 3.54. The molecule has 35 heavy (non-hydrogen) atoms. The predicted molar refractivity (Wildman–Crippen MR) is 105 cm³/mol. The molecule has 3 heterocycles. The Labute approximate surface area is 198 Å². The molecular formula is C19H26F2O13S. The molecule has 16 heteroatoms. The number of halogens is 2. The Morgan fingerprint density at radius 2 is 1.66 bits per heavy atom. The minimum atomic E-state index is -5.83. The lowest BCUT2D eigenvalue weighted by molar-refractivity contribution is -0.214. The lowest BCUT2D eigenvalue weighted by Gasteiger charge is -2.31. The van der Waals surface area contributed by atoms with Crippen LogP contribution in [0.4, 0.5) is 8.78 Å². The molecule has 8 atom stereocenters. The second-order valence-electron chi connectivity index (χ2n) is 8.81. The molecule has 3 rings (SSSR count). The van der Waals surface area contributed by atoms with Gasteiger partial charge >= 0.3 is 33.3 Å². The third-order valence-corrected chi connectivity index (χ3v) is 7.12. The van der Waals surface area contributed by atoms with Crippen LogP contribution >= 0.6 is 0 Å². The lowest BCUT2D eigenvalue weighted by atomic mass is 9.78. The third-order valence-electron chi connectivity index (χ3n) is 6.10. The van der Waals surface area contributed by atoms with Crippen molar-refractivity contribution < 1.29 is 69.7 Å². The molecular weight excluding hydrogens is 506 g/mol. The second kappa shape index (κ2) is 9.48. The number of hydrogen-bond acceptors (Lipinski definition) is 12. The van der Waals surface area contributed by atoms with E-state index in [1.165, 1.54) is 21.0 Å². The zero-order chi connectivity index (χ0) is 26.5. The molecule has 0 amide bonds. The van der Waals surface area contributed by atoms with E-state index in [-0.39, 0.29) is 0 Å². The molecule has 0 aromatic heterocycles. The summed E-state index contributed by atoms with van der Waals surface area (Å²) < 4.78 is 88.0. The molecule has 0 spiro atoms. The SMILES string of the molecule is COC(C)(C)OC(=O)C1C2OC3C(OC(O)C31)C2OC(=O)CCC(=O)OC(C)C(F)(F)S(=O)(=O)O. The van der Waals surface area contributed by atoms with Gasteiger partial charge < -0.3 is 33.5 Å². The number of ether oxygens (including phenoxy) is 6. The monoisotopic (exact) mass is 532 g/mol. The number of methoxy groups -OCH3 is 1. The van der Waals surface area contributed by atoms with Crippen molar-refractivity contribution in [2.24, 2.45) is 11.8 Å². The molecule has 3 aliphatic heterocycles. The molecule has 3 saturated heterocycles. The van der Waals surface area contributed by atoms with Crippen LogP contribution in [0.5, 0.6) is 0 Å². The van der Waals surface area contributed by atoms with Crippen LogP contribution in [-0.4, -0.2) is 90.9 Å². The molecule has 2 N–H and O–H groups in total. The summed E-state index contributed by atoms with van der Waals surface area (Å²) in [6, 6.07) is 0. The summed E-state index contributed by atoms with van der Waals surface area (Å²) >= 11 is 0. The van der Waals surface area contributed by atoms with Gasteiger partial charge in [0.25, 0.3) is 0 Å². The van der Waals surface area contributed by atoms with Crippen molar-refractivity contribution in [3.8, 4) is 0 Å². The Balaban J connectivity index is 1.59. The van der Waals surface area contributed by atoms with Gasteiger partial charge in [-0.3, -0.25) is 18.9 Å². The Morgan fingerprint density at radius 1 is 1.06 bits per heavy atom. The molecule has 3 fully saturated rings. The Kier molecular flexibility index (Phi) is 7.47. The molecule has 0 aromatic carbocycles. The van der Waals surface area contributed by atoms with Gasteiger partial charge in [0, 0.05) is 21.0 Å². The van der Waals surface area contributed by atoms with Gasteiger partial charge in [-0.25, -0.2) is 0 Å². The number of carbonyl (C=O) groups is 3. The zero-order valence-electron chi connectivity index (χ0n) is 19.1. The summed E-state index contributed by atoms with van der Waals surface area (Å²) in [5.74, 6) is -6.20. The van der Waals surface area contributed by atoms with E-state index in [4.69, 9.17) is 28.2 Å². The van der Waals surface area contributed by atoms with Gasteiger partial charge in [0.15, 0.2) is 18.5 Å². The van der Waals surface area contributed by atoms with Gasteiger partial charge in [-0.15, -0.1) is 0 Å². The maximum absolute atomic E-state index is 13.5. The summed E-state index contributed by atoms with van der Waals surface area (Å²) in [5.41, 5.74) is 0. The normalized spacial score (nSPS) is 32.9. The first-order valence-corrected chi connectivity index (χ1v) is 11.9. The predicted octanol–water partition coefficient (Wildman–Crippen LogP) is -0.253. The van der Waals surface area contributed by atoms with E-state index in [0.29, 0.717) is 6.92 Å². The topological polar surface area (TPSA) is 181 Å². The Bertz CT molecular complexity index is 968. The molecule has 8 unspecified atom stereocenters. The van der Waals surface area contributed by atoms with Gasteiger partial charge in [-0.1, -0.05) is 0 Å². The highest BCUT2D eigenvalue weighted by Crippen LogP contribution is 2.53. The van der Waals surface area contributed by atoms with Crippen LogP contribution in [0.1, 0.15) is 33.6 Å². The van der Waals surface area contributed by atoms with Crippen LogP contribution in [-0.2, 0) is 52.9 Å². The summed E-state index contributed by atoms with van der Waals surface area (Å²) in [4.78, 5) is 36.9. The number of esters is 3. The molecule has 0 aliphatic carbocycles. The van der Waals surface area contributed by atoms with E-state index in [0.717, 1.165) is 0 Å². The molecule has 13 nitrogen and oxygen atoms in total. The molecule has 0 radical (unpaired) electrons. The molecule has 3 aliphatic rings. The summed E-state index contributed by atoms with van der Waals surface area (Å²) in [6.07, 6.45) is -9.11. The number of aliphatic hydroxyl groups is 1. The first-order valence-electron chi connectivity index (χ1n) is 10.5. The van der Waals surface area contributed by atoms with Gasteiger partial charge in [0.05, 0.1) is 30.8 Å². The van der Waals surface area contributed by atoms with Gasteiger partial charge in [-0.2, -0.15) is 17.2 Å². The van der Waals surface area contributed by atoms with E-state index >= 15 is 0 Å². The average molecular weight is 532 g/mol. The zero-order valence-corrected chi connectivity index (χ0v) is 19.9. The molecule has 2 bridgehead atoms. The van der Waals surface area contributed by atoms with E-state index in [1.807, 2.05) is 0 Å². The highest BCUT2D eigenvalue weighted by atomic mass is 32.2. The summed E-state index contributed by atoms with van der Waals surface area (Å²) in [5, 5.41) is 5.49. The molecule has 200 valence electrons. The first-order chi connectivity index (χ1) is 16.0. The number of aliphatic hydroxyl groups excluding tert-OH is 1. The van der Waals surface area contributed by atoms with Crippen LogP contribution in [0.15, 0.2) is 0 Å². The number of carbonyl (C=O) groups excluding carboxylic acids is 3. The van der Waals surface area contributed by atoms with Gasteiger partial charge in [0.2, 0.25) is 5.79 Å². The van der Waals surface area contributed by atoms with Crippen molar-refractivity contribution in [1.82, 2.24) is 0 Å². The number of alkyl halides is 2. The fourth-order valence-electron chi connectivity index (χ4n) is 4.21. The molecule has 0 aromatic rings. The fraction of sp³-hybridized carbons (Fsp3) is 0.842. The van der Waals surface area contributed by atoms with Crippen LogP contribution in [0.2, 0.25) is 0 Å². The van der Waals surface area contributed by atoms with Crippen molar-refractivity contribution in [1.29, 1.82) is 0 Å². The van der Waals surface area contributed by atoms with Gasteiger partial charge in [-0.05, 0) is 6.92 Å². The minimum absolute atomic E-state index is 0.555. The van der Waals surface area contributed by atoms with E-state index < -0.39 is 101 Å². The maximum atomic E-state index is 13.5.